The maximum atomic E-state index is 13.3. The van der Waals surface area contributed by atoms with E-state index in [9.17, 15) is 14.4 Å². The number of benzene rings is 2. The predicted molar refractivity (Wildman–Crippen MR) is 88.2 cm³/mol. The van der Waals surface area contributed by atoms with E-state index in [0.29, 0.717) is 16.5 Å². The Morgan fingerprint density at radius 3 is 2.56 bits per heavy atom. The second kappa shape index (κ2) is 5.49. The number of ether oxygens (including phenoxy) is 1. The molecule has 0 saturated carbocycles. The maximum absolute atomic E-state index is 13.3. The Hall–Kier alpha value is -3.59. The van der Waals surface area contributed by atoms with Gasteiger partial charge in [0.15, 0.2) is 0 Å². The van der Waals surface area contributed by atoms with Crippen LogP contribution in [0.4, 0.5) is 4.39 Å². The lowest BCUT2D eigenvalue weighted by Gasteiger charge is -2.24. The molecular formula is C19H11FN2O3. The van der Waals surface area contributed by atoms with Crippen molar-refractivity contribution >= 4 is 11.0 Å². The molecule has 0 saturated heterocycles. The normalized spacial score (nSPS) is 16.2. The minimum Gasteiger partial charge on any atom is -0.425 e. The van der Waals surface area contributed by atoms with Crippen LogP contribution in [0.3, 0.4) is 0 Å². The van der Waals surface area contributed by atoms with Gasteiger partial charge in [0, 0.05) is 0 Å². The SMILES string of the molecule is N#CC1=C(N)Oc2oc3ccccc3c(=O)c2[C@H]1c1ccc(F)cc1. The van der Waals surface area contributed by atoms with E-state index in [1.54, 1.807) is 24.3 Å². The van der Waals surface area contributed by atoms with Gasteiger partial charge in [0.25, 0.3) is 5.95 Å². The molecule has 25 heavy (non-hydrogen) atoms. The molecule has 0 amide bonds. The third kappa shape index (κ3) is 2.25. The van der Waals surface area contributed by atoms with Crippen molar-refractivity contribution in [3.63, 3.8) is 0 Å². The molecule has 0 radical (unpaired) electrons. The first-order chi connectivity index (χ1) is 12.1. The number of nitrogens with zero attached hydrogens (tertiary/aromatic N) is 1. The highest BCUT2D eigenvalue weighted by Gasteiger charge is 2.35. The fraction of sp³-hybridized carbons (Fsp3) is 0.0526. The standard InChI is InChI=1S/C19H11FN2O3/c20-11-7-5-10(6-8-11)15-13(9-21)18(22)25-19-16(15)17(23)12-3-1-2-4-14(12)24-19/h1-8,15H,22H2/t15-/m0/s1. The number of nitrogens with two attached hydrogens (primary N) is 1. The van der Waals surface area contributed by atoms with Crippen molar-refractivity contribution in [2.75, 3.05) is 0 Å². The molecule has 3 aromatic rings. The van der Waals surface area contributed by atoms with Crippen LogP contribution in [0.5, 0.6) is 5.95 Å². The van der Waals surface area contributed by atoms with E-state index in [1.165, 1.54) is 24.3 Å². The third-order valence-corrected chi connectivity index (χ3v) is 4.17. The minimum absolute atomic E-state index is 0.0467. The van der Waals surface area contributed by atoms with E-state index in [0.717, 1.165) is 0 Å². The number of rotatable bonds is 1. The molecule has 4 rings (SSSR count). The van der Waals surface area contributed by atoms with Crippen LogP contribution in [0.25, 0.3) is 11.0 Å². The number of hydrogen-bond donors (Lipinski definition) is 1. The molecule has 2 N–H and O–H groups in total. The smallest absolute Gasteiger partial charge is 0.300 e. The first-order valence-corrected chi connectivity index (χ1v) is 7.49. The van der Waals surface area contributed by atoms with Crippen molar-refractivity contribution in [1.82, 2.24) is 0 Å². The van der Waals surface area contributed by atoms with Crippen molar-refractivity contribution in [3.8, 4) is 12.0 Å². The summed E-state index contributed by atoms with van der Waals surface area (Å²) in [5, 5.41) is 9.87. The number of allylic oxidation sites excluding steroid dienone is 1. The first kappa shape index (κ1) is 15.0. The number of hydrogen-bond acceptors (Lipinski definition) is 5. The molecular weight excluding hydrogens is 323 g/mol. The third-order valence-electron chi connectivity index (χ3n) is 4.17. The summed E-state index contributed by atoms with van der Waals surface area (Å²) in [5.41, 5.74) is 6.71. The lowest BCUT2D eigenvalue weighted by Crippen LogP contribution is -2.26. The lowest BCUT2D eigenvalue weighted by atomic mass is 9.84. The molecule has 0 spiro atoms. The van der Waals surface area contributed by atoms with Crippen molar-refractivity contribution in [2.24, 2.45) is 5.73 Å². The van der Waals surface area contributed by atoms with Gasteiger partial charge in [0.2, 0.25) is 11.3 Å². The van der Waals surface area contributed by atoms with Gasteiger partial charge in [-0.2, -0.15) is 5.26 Å². The summed E-state index contributed by atoms with van der Waals surface area (Å²) < 4.78 is 24.4. The number of halogens is 1. The van der Waals surface area contributed by atoms with E-state index >= 15 is 0 Å². The van der Waals surface area contributed by atoms with Crippen LogP contribution in [0.15, 0.2) is 69.2 Å². The summed E-state index contributed by atoms with van der Waals surface area (Å²) in [6.07, 6.45) is 0. The zero-order valence-corrected chi connectivity index (χ0v) is 12.8. The molecule has 0 unspecified atom stereocenters. The maximum Gasteiger partial charge on any atom is 0.300 e. The van der Waals surface area contributed by atoms with Crippen LogP contribution in [0.2, 0.25) is 0 Å². The van der Waals surface area contributed by atoms with Crippen molar-refractivity contribution in [3.05, 3.63) is 87.2 Å². The number of nitriles is 1. The van der Waals surface area contributed by atoms with Crippen LogP contribution < -0.4 is 15.9 Å². The monoisotopic (exact) mass is 334 g/mol. The Kier molecular flexibility index (Phi) is 3.29. The van der Waals surface area contributed by atoms with Gasteiger partial charge in [-0.05, 0) is 29.8 Å². The second-order valence-corrected chi connectivity index (χ2v) is 5.60. The molecule has 6 heteroatoms. The molecule has 5 nitrogen and oxygen atoms in total. The Morgan fingerprint density at radius 2 is 1.84 bits per heavy atom. The van der Waals surface area contributed by atoms with Crippen LogP contribution in [-0.2, 0) is 0 Å². The van der Waals surface area contributed by atoms with Gasteiger partial charge in [-0.15, -0.1) is 0 Å². The number of fused-ring (bicyclic) bond motifs is 2. The molecule has 0 aliphatic carbocycles. The van der Waals surface area contributed by atoms with E-state index < -0.39 is 11.7 Å². The molecule has 122 valence electrons. The zero-order valence-electron chi connectivity index (χ0n) is 12.8. The minimum atomic E-state index is -0.782. The molecule has 2 heterocycles. The van der Waals surface area contributed by atoms with E-state index in [2.05, 4.69) is 0 Å². The first-order valence-electron chi connectivity index (χ1n) is 7.49. The van der Waals surface area contributed by atoms with Crippen LogP contribution in [-0.4, -0.2) is 0 Å². The molecule has 1 aliphatic heterocycles. The lowest BCUT2D eigenvalue weighted by molar-refractivity contribution is 0.296. The molecule has 0 bridgehead atoms. The van der Waals surface area contributed by atoms with Gasteiger partial charge < -0.3 is 14.9 Å². The summed E-state index contributed by atoms with van der Waals surface area (Å²) in [6.45, 7) is 0. The van der Waals surface area contributed by atoms with Gasteiger partial charge in [-0.25, -0.2) is 4.39 Å². The molecule has 1 atom stereocenters. The molecule has 1 aromatic heterocycles. The van der Waals surface area contributed by atoms with E-state index in [4.69, 9.17) is 14.9 Å². The Bertz CT molecular complexity index is 1120. The van der Waals surface area contributed by atoms with Crippen LogP contribution in [0.1, 0.15) is 17.0 Å². The van der Waals surface area contributed by atoms with Gasteiger partial charge >= 0.3 is 0 Å². The highest BCUT2D eigenvalue weighted by molar-refractivity contribution is 5.78. The largest absolute Gasteiger partial charge is 0.425 e. The molecule has 1 aliphatic rings. The molecule has 0 fully saturated rings. The summed E-state index contributed by atoms with van der Waals surface area (Å²) in [7, 11) is 0. The van der Waals surface area contributed by atoms with Crippen LogP contribution >= 0.6 is 0 Å². The van der Waals surface area contributed by atoms with Gasteiger partial charge in [0.05, 0.1) is 16.9 Å². The van der Waals surface area contributed by atoms with E-state index in [1.807, 2.05) is 6.07 Å². The van der Waals surface area contributed by atoms with Gasteiger partial charge in [-0.3, -0.25) is 4.79 Å². The van der Waals surface area contributed by atoms with Gasteiger partial charge in [0.1, 0.15) is 23.0 Å². The summed E-state index contributed by atoms with van der Waals surface area (Å²) in [6, 6.07) is 14.3. The Morgan fingerprint density at radius 1 is 1.12 bits per heavy atom. The summed E-state index contributed by atoms with van der Waals surface area (Å²) >= 11 is 0. The van der Waals surface area contributed by atoms with Crippen LogP contribution in [0, 0.1) is 17.1 Å². The average molecular weight is 334 g/mol. The Balaban J connectivity index is 2.06. The van der Waals surface area contributed by atoms with Crippen molar-refractivity contribution in [2.45, 2.75) is 5.92 Å². The predicted octanol–water partition coefficient (Wildman–Crippen LogP) is 3.15. The van der Waals surface area contributed by atoms with Crippen molar-refractivity contribution in [1.29, 1.82) is 5.26 Å². The highest BCUT2D eigenvalue weighted by Crippen LogP contribution is 2.41. The second-order valence-electron chi connectivity index (χ2n) is 5.60. The molecule has 2 aromatic carbocycles. The quantitative estimate of drug-likeness (QED) is 0.738. The summed E-state index contributed by atoms with van der Waals surface area (Å²) in [4.78, 5) is 13.0. The zero-order chi connectivity index (χ0) is 17.6. The fourth-order valence-corrected chi connectivity index (χ4v) is 3.01. The average Bonchev–Trinajstić information content (AvgIpc) is 2.61. The highest BCUT2D eigenvalue weighted by atomic mass is 19.1. The topological polar surface area (TPSA) is 89.2 Å². The summed E-state index contributed by atoms with van der Waals surface area (Å²) in [5.74, 6) is -1.38. The Labute approximate surface area is 141 Å². The van der Waals surface area contributed by atoms with E-state index in [-0.39, 0.29) is 28.4 Å². The van der Waals surface area contributed by atoms with Crippen molar-refractivity contribution < 1.29 is 13.5 Å². The number of para-hydroxylation sites is 1. The fourth-order valence-electron chi connectivity index (χ4n) is 3.01. The van der Waals surface area contributed by atoms with Gasteiger partial charge in [-0.1, -0.05) is 24.3 Å².